The van der Waals surface area contributed by atoms with E-state index in [2.05, 4.69) is 15.0 Å². The van der Waals surface area contributed by atoms with Crippen LogP contribution in [0.2, 0.25) is 0 Å². The van der Waals surface area contributed by atoms with Gasteiger partial charge in [-0.1, -0.05) is 11.6 Å². The molecule has 0 unspecified atom stereocenters. The molecule has 0 bridgehead atoms. The smallest absolute Gasteiger partial charge is 0.328 e. The van der Waals surface area contributed by atoms with Crippen LogP contribution >= 0.6 is 0 Å². The van der Waals surface area contributed by atoms with Crippen molar-refractivity contribution in [1.82, 2.24) is 15.0 Å². The van der Waals surface area contributed by atoms with Gasteiger partial charge in [-0.3, -0.25) is 0 Å². The molecule has 2 fully saturated rings. The molecule has 2 aliphatic heterocycles. The number of aromatic nitrogens is 1. The monoisotopic (exact) mass is 577 g/mol. The molecule has 0 spiro atoms. The summed E-state index contributed by atoms with van der Waals surface area (Å²) in [7, 11) is 0. The van der Waals surface area contributed by atoms with Crippen LogP contribution in [0.3, 0.4) is 0 Å². The minimum atomic E-state index is -1.26. The Labute approximate surface area is 236 Å². The van der Waals surface area contributed by atoms with Crippen LogP contribution in [0, 0.1) is 5.82 Å². The van der Waals surface area contributed by atoms with Gasteiger partial charge in [0.05, 0.1) is 5.69 Å². The van der Waals surface area contributed by atoms with Gasteiger partial charge in [-0.25, -0.2) is 23.6 Å². The molecule has 1 aromatic heterocycles. The van der Waals surface area contributed by atoms with Crippen LogP contribution < -0.4 is 0 Å². The summed E-state index contributed by atoms with van der Waals surface area (Å²) in [6.07, 6.45) is 9.90. The number of rotatable bonds is 9. The zero-order valence-electron chi connectivity index (χ0n) is 22.7. The Morgan fingerprint density at radius 1 is 0.805 bits per heavy atom. The molecular formula is C28H36FN3O9. The first-order chi connectivity index (χ1) is 19.5. The number of carboxylic acids is 4. The minimum Gasteiger partial charge on any atom is -0.478 e. The lowest BCUT2D eigenvalue weighted by molar-refractivity contribution is -0.134. The maximum atomic E-state index is 13.3. The van der Waals surface area contributed by atoms with Gasteiger partial charge in [0.2, 0.25) is 0 Å². The van der Waals surface area contributed by atoms with E-state index in [1.54, 1.807) is 0 Å². The highest BCUT2D eigenvalue weighted by Gasteiger charge is 2.25. The van der Waals surface area contributed by atoms with E-state index >= 15 is 0 Å². The molecule has 12 nitrogen and oxygen atoms in total. The molecule has 0 amide bonds. The molecule has 224 valence electrons. The van der Waals surface area contributed by atoms with Gasteiger partial charge >= 0.3 is 23.9 Å². The third kappa shape index (κ3) is 13.2. The zero-order valence-corrected chi connectivity index (χ0v) is 22.7. The number of aliphatic carboxylic acids is 4. The maximum absolute atomic E-state index is 13.3. The van der Waals surface area contributed by atoms with Crippen LogP contribution in [-0.2, 0) is 19.2 Å². The molecule has 4 N–H and O–H groups in total. The molecule has 0 aliphatic carbocycles. The number of benzene rings is 1. The lowest BCUT2D eigenvalue weighted by Crippen LogP contribution is -2.36. The summed E-state index contributed by atoms with van der Waals surface area (Å²) < 4.78 is 18.6. The number of carboxylic acid groups (broad SMARTS) is 4. The molecule has 13 heteroatoms. The number of piperidine rings is 2. The van der Waals surface area contributed by atoms with Crippen molar-refractivity contribution in [1.29, 1.82) is 0 Å². The van der Waals surface area contributed by atoms with E-state index in [9.17, 15) is 23.6 Å². The topological polar surface area (TPSA) is 182 Å². The second-order valence-electron chi connectivity index (χ2n) is 9.60. The van der Waals surface area contributed by atoms with Crippen molar-refractivity contribution >= 4 is 34.8 Å². The first-order valence-corrected chi connectivity index (χ1v) is 13.3. The number of fused-ring (bicyclic) bond motifs is 1. The Hall–Kier alpha value is -4.10. The Morgan fingerprint density at radius 3 is 1.78 bits per heavy atom. The van der Waals surface area contributed by atoms with Gasteiger partial charge in [0.1, 0.15) is 5.82 Å². The number of carbonyl (C=O) groups is 4. The highest BCUT2D eigenvalue weighted by atomic mass is 19.1. The van der Waals surface area contributed by atoms with Crippen molar-refractivity contribution in [2.45, 2.75) is 44.4 Å². The summed E-state index contributed by atoms with van der Waals surface area (Å²) in [5.74, 6) is -4.86. The average molecular weight is 578 g/mol. The van der Waals surface area contributed by atoms with Crippen molar-refractivity contribution in [3.8, 4) is 0 Å². The van der Waals surface area contributed by atoms with E-state index in [4.69, 9.17) is 24.9 Å². The largest absolute Gasteiger partial charge is 0.478 e. The predicted molar refractivity (Wildman–Crippen MR) is 146 cm³/mol. The van der Waals surface area contributed by atoms with Crippen LogP contribution in [0.1, 0.15) is 50.1 Å². The van der Waals surface area contributed by atoms with E-state index in [0.29, 0.717) is 35.8 Å². The zero-order chi connectivity index (χ0) is 30.2. The SMILES string of the molecule is Fc1ccc2c(C3CCN(CCCN4CCCCC4)CC3)noc2c1.O=C(O)/C=C/C(=O)O.O=C(O)/C=C/C(=O)O. The number of likely N-dealkylation sites (tertiary alicyclic amines) is 2. The van der Waals surface area contributed by atoms with Crippen LogP contribution in [0.25, 0.3) is 11.0 Å². The Morgan fingerprint density at radius 2 is 1.29 bits per heavy atom. The highest BCUT2D eigenvalue weighted by molar-refractivity contribution is 5.90. The van der Waals surface area contributed by atoms with E-state index in [-0.39, 0.29) is 5.82 Å². The van der Waals surface area contributed by atoms with Crippen molar-refractivity contribution < 1.29 is 48.5 Å². The molecule has 2 aliphatic rings. The molecule has 2 aromatic rings. The van der Waals surface area contributed by atoms with E-state index < -0.39 is 23.9 Å². The third-order valence-electron chi connectivity index (χ3n) is 6.57. The van der Waals surface area contributed by atoms with E-state index in [1.807, 2.05) is 6.07 Å². The lowest BCUT2D eigenvalue weighted by atomic mass is 9.91. The molecule has 41 heavy (non-hydrogen) atoms. The fourth-order valence-electron chi connectivity index (χ4n) is 4.64. The quantitative estimate of drug-likeness (QED) is 0.319. The van der Waals surface area contributed by atoms with Crippen molar-refractivity contribution in [2.24, 2.45) is 0 Å². The van der Waals surface area contributed by atoms with Gasteiger partial charge in [-0.05, 0) is 83.5 Å². The van der Waals surface area contributed by atoms with Crippen LogP contribution in [0.15, 0.2) is 47.0 Å². The second-order valence-corrected chi connectivity index (χ2v) is 9.60. The second kappa shape index (κ2) is 17.6. The average Bonchev–Trinajstić information content (AvgIpc) is 3.35. The van der Waals surface area contributed by atoms with Gasteiger partial charge in [-0.2, -0.15) is 0 Å². The maximum Gasteiger partial charge on any atom is 0.328 e. The normalized spacial score (nSPS) is 16.6. The minimum absolute atomic E-state index is 0.265. The fraction of sp³-hybridized carbons (Fsp3) is 0.464. The standard InChI is InChI=1S/C20H28FN3O.2C4H4O4/c21-17-5-6-18-19(15-17)25-22-20(18)16-7-13-24(14-8-16)12-4-11-23-9-2-1-3-10-23;2*5-3(6)1-2-4(7)8/h5-6,15-16H,1-4,7-14H2;2*1-2H,(H,5,6)(H,7,8)/b;2*2-1+. The summed E-state index contributed by atoms with van der Waals surface area (Å²) in [4.78, 5) is 43.4. The molecule has 0 atom stereocenters. The van der Waals surface area contributed by atoms with Gasteiger partial charge in [0.25, 0.3) is 0 Å². The number of halogens is 1. The predicted octanol–water partition coefficient (Wildman–Crippen LogP) is 3.45. The fourth-order valence-corrected chi connectivity index (χ4v) is 4.64. The molecule has 0 radical (unpaired) electrons. The van der Waals surface area contributed by atoms with E-state index in [0.717, 1.165) is 37.0 Å². The van der Waals surface area contributed by atoms with Gasteiger partial charge < -0.3 is 34.7 Å². The Kier molecular flexibility index (Phi) is 14.2. The van der Waals surface area contributed by atoms with Crippen molar-refractivity contribution in [2.75, 3.05) is 39.3 Å². The number of nitrogens with zero attached hydrogens (tertiary/aromatic N) is 3. The van der Waals surface area contributed by atoms with Crippen LogP contribution in [-0.4, -0.2) is 98.5 Å². The van der Waals surface area contributed by atoms with Gasteiger partial charge in [-0.15, -0.1) is 0 Å². The van der Waals surface area contributed by atoms with E-state index in [1.165, 1.54) is 64.0 Å². The summed E-state index contributed by atoms with van der Waals surface area (Å²) in [6, 6.07) is 4.74. The Bertz CT molecular complexity index is 1150. The molecular weight excluding hydrogens is 541 g/mol. The summed E-state index contributed by atoms with van der Waals surface area (Å²) in [6.45, 7) is 7.29. The lowest BCUT2D eigenvalue weighted by Gasteiger charge is -2.32. The summed E-state index contributed by atoms with van der Waals surface area (Å²) in [5, 5.41) is 36.5. The molecule has 1 aromatic carbocycles. The Balaban J connectivity index is 0.000000304. The van der Waals surface area contributed by atoms with Crippen LogP contribution in [0.5, 0.6) is 0 Å². The van der Waals surface area contributed by atoms with Crippen LogP contribution in [0.4, 0.5) is 4.39 Å². The highest BCUT2D eigenvalue weighted by Crippen LogP contribution is 2.32. The first-order valence-electron chi connectivity index (χ1n) is 13.3. The first kappa shape index (κ1) is 33.1. The summed E-state index contributed by atoms with van der Waals surface area (Å²) >= 11 is 0. The molecule has 3 heterocycles. The molecule has 4 rings (SSSR count). The molecule has 2 saturated heterocycles. The molecule has 0 saturated carbocycles. The van der Waals surface area contributed by atoms with Gasteiger partial charge in [0.15, 0.2) is 5.58 Å². The number of hydrogen-bond acceptors (Lipinski definition) is 8. The third-order valence-corrected chi connectivity index (χ3v) is 6.57. The summed E-state index contributed by atoms with van der Waals surface area (Å²) in [5.41, 5.74) is 1.59. The van der Waals surface area contributed by atoms with Crippen molar-refractivity contribution in [3.05, 3.63) is 54.0 Å². The van der Waals surface area contributed by atoms with Gasteiger partial charge in [0, 0.05) is 41.7 Å². The van der Waals surface area contributed by atoms with Crippen molar-refractivity contribution in [3.63, 3.8) is 0 Å². The number of hydrogen-bond donors (Lipinski definition) is 4.